The fourth-order valence-corrected chi connectivity index (χ4v) is 0.886. The molecule has 0 unspecified atom stereocenters. The van der Waals surface area contributed by atoms with Crippen LogP contribution in [0.1, 0.15) is 19.8 Å². The largest absolute Gasteiger partial charge is 0.466 e. The number of hydrogen-bond donors (Lipinski definition) is 0. The molecule has 0 radical (unpaired) electrons. The van der Waals surface area contributed by atoms with Gasteiger partial charge >= 0.3 is 5.97 Å². The van der Waals surface area contributed by atoms with Gasteiger partial charge in [-0.05, 0) is 19.8 Å². The number of ether oxygens (including phenoxy) is 1. The van der Waals surface area contributed by atoms with Crippen LogP contribution < -0.4 is 0 Å². The molecule has 0 fully saturated rings. The minimum atomic E-state index is -0.252. The summed E-state index contributed by atoms with van der Waals surface area (Å²) in [7, 11) is 1.38. The predicted octanol–water partition coefficient (Wildman–Crippen LogP) is 2.12. The van der Waals surface area contributed by atoms with Crippen molar-refractivity contribution in [2.24, 2.45) is 0 Å². The number of halogens is 1. The molecule has 3 heteroatoms. The van der Waals surface area contributed by atoms with Gasteiger partial charge in [0.15, 0.2) is 0 Å². The van der Waals surface area contributed by atoms with Gasteiger partial charge < -0.3 is 4.74 Å². The summed E-state index contributed by atoms with van der Waals surface area (Å²) >= 11 is 5.47. The lowest BCUT2D eigenvalue weighted by Crippen LogP contribution is -2.04. The van der Waals surface area contributed by atoms with Crippen LogP contribution in [0.2, 0.25) is 0 Å². The molecule has 0 aliphatic heterocycles. The van der Waals surface area contributed by atoms with Gasteiger partial charge in [0, 0.05) is 11.5 Å². The molecule has 0 N–H and O–H groups in total. The fourth-order valence-electron chi connectivity index (χ4n) is 0.753. The van der Waals surface area contributed by atoms with E-state index in [-0.39, 0.29) is 5.97 Å². The number of esters is 1. The summed E-state index contributed by atoms with van der Waals surface area (Å²) in [6.07, 6.45) is 3.28. The van der Waals surface area contributed by atoms with Crippen molar-refractivity contribution in [3.05, 3.63) is 11.6 Å². The molecule has 0 aliphatic rings. The van der Waals surface area contributed by atoms with Crippen molar-refractivity contribution in [1.82, 2.24) is 0 Å². The Labute approximate surface area is 72.2 Å². The number of carbonyl (C=O) groups is 1. The predicted molar refractivity (Wildman–Crippen MR) is 45.7 cm³/mol. The van der Waals surface area contributed by atoms with E-state index in [1.54, 1.807) is 6.08 Å². The smallest absolute Gasteiger partial charge is 0.333 e. The van der Waals surface area contributed by atoms with Crippen LogP contribution in [-0.4, -0.2) is 19.0 Å². The zero-order valence-electron chi connectivity index (χ0n) is 6.89. The van der Waals surface area contributed by atoms with Crippen LogP contribution in [-0.2, 0) is 9.53 Å². The van der Waals surface area contributed by atoms with E-state index in [1.165, 1.54) is 7.11 Å². The first-order valence-corrected chi connectivity index (χ1v) is 4.09. The molecule has 0 atom stereocenters. The van der Waals surface area contributed by atoms with Gasteiger partial charge in [0.1, 0.15) is 0 Å². The second-order valence-corrected chi connectivity index (χ2v) is 2.48. The molecule has 0 rings (SSSR count). The van der Waals surface area contributed by atoms with Crippen molar-refractivity contribution in [3.8, 4) is 0 Å². The Morgan fingerprint density at radius 1 is 1.64 bits per heavy atom. The molecule has 0 heterocycles. The molecule has 0 bridgehead atoms. The minimum Gasteiger partial charge on any atom is -0.466 e. The summed E-state index contributed by atoms with van der Waals surface area (Å²) in [6, 6.07) is 0. The van der Waals surface area contributed by atoms with Gasteiger partial charge in [0.25, 0.3) is 0 Å². The lowest BCUT2D eigenvalue weighted by atomic mass is 10.1. The van der Waals surface area contributed by atoms with Crippen LogP contribution >= 0.6 is 11.6 Å². The van der Waals surface area contributed by atoms with E-state index in [0.717, 1.165) is 6.42 Å². The van der Waals surface area contributed by atoms with Crippen LogP contribution in [0.3, 0.4) is 0 Å². The van der Waals surface area contributed by atoms with Gasteiger partial charge in [0.2, 0.25) is 0 Å². The highest BCUT2D eigenvalue weighted by molar-refractivity contribution is 6.17. The Balaban J connectivity index is 3.87. The van der Waals surface area contributed by atoms with Gasteiger partial charge in [-0.15, -0.1) is 11.6 Å². The molecule has 0 spiro atoms. The Hall–Kier alpha value is -0.500. The first-order chi connectivity index (χ1) is 5.26. The van der Waals surface area contributed by atoms with E-state index < -0.39 is 0 Å². The number of rotatable bonds is 4. The third kappa shape index (κ3) is 4.04. The van der Waals surface area contributed by atoms with Crippen LogP contribution in [0.5, 0.6) is 0 Å². The van der Waals surface area contributed by atoms with Crippen molar-refractivity contribution in [2.45, 2.75) is 19.8 Å². The lowest BCUT2D eigenvalue weighted by molar-refractivity contribution is -0.136. The highest BCUT2D eigenvalue weighted by Crippen LogP contribution is 2.07. The van der Waals surface area contributed by atoms with Gasteiger partial charge in [-0.2, -0.15) is 0 Å². The number of carbonyl (C=O) groups excluding carboxylic acids is 1. The molecule has 11 heavy (non-hydrogen) atoms. The summed E-state index contributed by atoms with van der Waals surface area (Å²) in [5.41, 5.74) is 0.702. The first-order valence-electron chi connectivity index (χ1n) is 3.55. The van der Waals surface area contributed by atoms with Crippen molar-refractivity contribution in [2.75, 3.05) is 13.0 Å². The topological polar surface area (TPSA) is 26.3 Å². The Bertz CT molecular complexity index is 152. The second-order valence-electron chi connectivity index (χ2n) is 2.10. The number of methoxy groups -OCH3 is 1. The fraction of sp³-hybridized carbons (Fsp3) is 0.625. The van der Waals surface area contributed by atoms with Crippen molar-refractivity contribution >= 4 is 17.6 Å². The van der Waals surface area contributed by atoms with E-state index >= 15 is 0 Å². The first kappa shape index (κ1) is 10.5. The van der Waals surface area contributed by atoms with Gasteiger partial charge in [0.05, 0.1) is 7.11 Å². The molecule has 0 aromatic heterocycles. The van der Waals surface area contributed by atoms with E-state index in [9.17, 15) is 4.79 Å². The molecule has 0 saturated heterocycles. The molecular weight excluding hydrogens is 164 g/mol. The van der Waals surface area contributed by atoms with Crippen molar-refractivity contribution in [1.29, 1.82) is 0 Å². The van der Waals surface area contributed by atoms with E-state index in [0.29, 0.717) is 17.9 Å². The van der Waals surface area contributed by atoms with Crippen molar-refractivity contribution in [3.63, 3.8) is 0 Å². The monoisotopic (exact) mass is 176 g/mol. The molecule has 64 valence electrons. The average Bonchev–Trinajstić information content (AvgIpc) is 2.05. The highest BCUT2D eigenvalue weighted by atomic mass is 35.5. The quantitative estimate of drug-likeness (QED) is 0.373. The normalized spacial score (nSPS) is 11.4. The van der Waals surface area contributed by atoms with Crippen LogP contribution in [0.25, 0.3) is 0 Å². The maximum absolute atomic E-state index is 10.9. The van der Waals surface area contributed by atoms with E-state index in [4.69, 9.17) is 11.6 Å². The number of hydrogen-bond acceptors (Lipinski definition) is 2. The molecule has 0 aromatic rings. The molecule has 0 amide bonds. The standard InChI is InChI=1S/C8H13ClO2/c1-3-7(5-4-6-9)8(10)11-2/h3H,4-6H2,1-2H3. The molecular formula is C8H13ClO2. The highest BCUT2D eigenvalue weighted by Gasteiger charge is 2.06. The summed E-state index contributed by atoms with van der Waals surface area (Å²) in [5, 5.41) is 0. The number of alkyl halides is 1. The van der Waals surface area contributed by atoms with Crippen LogP contribution in [0.15, 0.2) is 11.6 Å². The molecule has 0 aromatic carbocycles. The average molecular weight is 177 g/mol. The molecule has 0 saturated carbocycles. The maximum atomic E-state index is 10.9. The van der Waals surface area contributed by atoms with E-state index in [1.807, 2.05) is 6.92 Å². The zero-order chi connectivity index (χ0) is 8.69. The second kappa shape index (κ2) is 6.23. The van der Waals surface area contributed by atoms with Crippen LogP contribution in [0.4, 0.5) is 0 Å². The van der Waals surface area contributed by atoms with Crippen LogP contribution in [0, 0.1) is 0 Å². The van der Waals surface area contributed by atoms with Gasteiger partial charge in [-0.3, -0.25) is 0 Å². The minimum absolute atomic E-state index is 0.252. The Kier molecular flexibility index (Phi) is 5.94. The summed E-state index contributed by atoms with van der Waals surface area (Å²) in [6.45, 7) is 1.82. The Morgan fingerprint density at radius 2 is 2.27 bits per heavy atom. The van der Waals surface area contributed by atoms with E-state index in [2.05, 4.69) is 4.74 Å². The van der Waals surface area contributed by atoms with Gasteiger partial charge in [-0.25, -0.2) is 4.79 Å². The Morgan fingerprint density at radius 3 is 2.64 bits per heavy atom. The van der Waals surface area contributed by atoms with Crippen molar-refractivity contribution < 1.29 is 9.53 Å². The summed E-state index contributed by atoms with van der Waals surface area (Å²) in [5.74, 6) is 0.326. The lowest BCUT2D eigenvalue weighted by Gasteiger charge is -2.01. The third-order valence-corrected chi connectivity index (χ3v) is 1.64. The third-order valence-electron chi connectivity index (χ3n) is 1.38. The SMILES string of the molecule is CC=C(CCCCl)C(=O)OC. The van der Waals surface area contributed by atoms with Gasteiger partial charge in [-0.1, -0.05) is 6.08 Å². The zero-order valence-corrected chi connectivity index (χ0v) is 7.65. The maximum Gasteiger partial charge on any atom is 0.333 e. The number of allylic oxidation sites excluding steroid dienone is 1. The summed E-state index contributed by atoms with van der Waals surface area (Å²) in [4.78, 5) is 10.9. The molecule has 0 aliphatic carbocycles. The molecule has 2 nitrogen and oxygen atoms in total. The summed E-state index contributed by atoms with van der Waals surface area (Å²) < 4.78 is 4.55.